The summed E-state index contributed by atoms with van der Waals surface area (Å²) in [5.41, 5.74) is 7.05. The molecule has 0 amide bonds. The van der Waals surface area contributed by atoms with Gasteiger partial charge in [-0.3, -0.25) is 0 Å². The quantitative estimate of drug-likeness (QED) is 0.0508. The number of unbranched alkanes of at least 4 members (excludes halogenated alkanes) is 8. The van der Waals surface area contributed by atoms with Crippen molar-refractivity contribution < 1.29 is 0 Å². The van der Waals surface area contributed by atoms with Crippen molar-refractivity contribution in [3.63, 3.8) is 0 Å². The van der Waals surface area contributed by atoms with Gasteiger partial charge in [0.15, 0.2) is 0 Å². The Morgan fingerprint density at radius 1 is 0.371 bits per heavy atom. The van der Waals surface area contributed by atoms with Crippen molar-refractivity contribution in [2.45, 2.75) is 202 Å². The molecule has 0 heteroatoms. The van der Waals surface area contributed by atoms with Crippen LogP contribution in [0.2, 0.25) is 0 Å². The summed E-state index contributed by atoms with van der Waals surface area (Å²) < 4.78 is 0. The van der Waals surface area contributed by atoms with E-state index in [1.54, 1.807) is 6.08 Å². The average Bonchev–Trinajstić information content (AvgIpc) is 3.28. The summed E-state index contributed by atoms with van der Waals surface area (Å²) in [7, 11) is 0. The first kappa shape index (κ1) is 66.6. The van der Waals surface area contributed by atoms with Crippen LogP contribution in [0.3, 0.4) is 0 Å². The Hall–Kier alpha value is -4.52. The summed E-state index contributed by atoms with van der Waals surface area (Å²) in [4.78, 5) is 0. The lowest BCUT2D eigenvalue weighted by Gasteiger charge is -2.04. The zero-order chi connectivity index (χ0) is 44.5. The van der Waals surface area contributed by atoms with Gasteiger partial charge in [0.2, 0.25) is 0 Å². The number of rotatable bonds is 12. The molecule has 5 rings (SSSR count). The maximum absolute atomic E-state index is 3.38. The smallest absolute Gasteiger partial charge is 0.0255 e. The summed E-state index contributed by atoms with van der Waals surface area (Å²) >= 11 is 0. The summed E-state index contributed by atoms with van der Waals surface area (Å²) in [6.07, 6.45) is 19.8. The molecule has 0 radical (unpaired) electrons. The van der Waals surface area contributed by atoms with Crippen LogP contribution in [0.25, 0.3) is 21.5 Å². The number of hydrogen-bond donors (Lipinski definition) is 0. The van der Waals surface area contributed by atoms with Crippen molar-refractivity contribution in [3.05, 3.63) is 143 Å². The molecule has 0 aliphatic heterocycles. The predicted molar refractivity (Wildman–Crippen MR) is 293 cm³/mol. The number of benzene rings is 5. The van der Waals surface area contributed by atoms with Gasteiger partial charge in [-0.15, -0.1) is 6.58 Å². The van der Waals surface area contributed by atoms with Gasteiger partial charge in [0.1, 0.15) is 0 Å². The Morgan fingerprint density at radius 2 is 0.629 bits per heavy atom. The van der Waals surface area contributed by atoms with E-state index < -0.39 is 0 Å². The third-order valence-electron chi connectivity index (χ3n) is 8.54. The number of hydrogen-bond acceptors (Lipinski definition) is 0. The highest BCUT2D eigenvalue weighted by atomic mass is 14.1. The molecule has 0 saturated carbocycles. The molecule has 0 bridgehead atoms. The van der Waals surface area contributed by atoms with Crippen molar-refractivity contribution in [1.82, 2.24) is 0 Å². The molecule has 0 heterocycles. The number of fused-ring (bicyclic) bond motifs is 2. The second kappa shape index (κ2) is 47.5. The van der Waals surface area contributed by atoms with E-state index in [0.717, 1.165) is 35.1 Å². The Kier molecular flexibility index (Phi) is 51.0. The van der Waals surface area contributed by atoms with E-state index in [2.05, 4.69) is 169 Å². The number of allylic oxidation sites excluding steroid dienone is 1. The predicted octanol–water partition coefficient (Wildman–Crippen LogP) is 20.8. The minimum absolute atomic E-state index is 0. The standard InChI is InChI=1S/C44H46.2C3H8.C3H6.3C2H6.3CH4/c1-3-5-7-9-11-13-35-15-19-37(20-16-35)23-25-39-27-29-41-34-44-32-40(28-30-42(44)33-43(41)31-39)26-24-38-21-17-36(18-22-38)14-12-10-8-6-4-2;3*1-3-2;3*1-2;;;/h15-22,27-34H,3-14H2,1-2H3;2*3H2,1-2H3;3H,1H2,2H3;3*1-2H3;3*1H4. The molecule has 0 atom stereocenters. The van der Waals surface area contributed by atoms with E-state index in [1.165, 1.54) is 110 Å². The molecule has 0 unspecified atom stereocenters. The largest absolute Gasteiger partial charge is 0.103 e. The van der Waals surface area contributed by atoms with Gasteiger partial charge in [0.25, 0.3) is 0 Å². The van der Waals surface area contributed by atoms with Crippen molar-refractivity contribution in [2.75, 3.05) is 0 Å². The molecule has 5 aromatic rings. The van der Waals surface area contributed by atoms with Crippen molar-refractivity contribution in [3.8, 4) is 23.7 Å². The van der Waals surface area contributed by atoms with Crippen LogP contribution in [0.4, 0.5) is 0 Å². The van der Waals surface area contributed by atoms with Crippen LogP contribution in [-0.4, -0.2) is 0 Å². The lowest BCUT2D eigenvalue weighted by Crippen LogP contribution is -1.87. The Bertz CT molecular complexity index is 1710. The second-order valence-corrected chi connectivity index (χ2v) is 14.0. The lowest BCUT2D eigenvalue weighted by molar-refractivity contribution is 0.632. The number of aryl methyl sites for hydroxylation is 2. The Morgan fingerprint density at radius 3 is 0.919 bits per heavy atom. The second-order valence-electron chi connectivity index (χ2n) is 14.0. The van der Waals surface area contributed by atoms with Gasteiger partial charge < -0.3 is 0 Å². The molecular formula is C62H98. The van der Waals surface area contributed by atoms with Crippen LogP contribution in [-0.2, 0) is 12.8 Å². The van der Waals surface area contributed by atoms with E-state index >= 15 is 0 Å². The zero-order valence-electron chi connectivity index (χ0n) is 40.4. The highest BCUT2D eigenvalue weighted by Crippen LogP contribution is 2.25. The molecule has 62 heavy (non-hydrogen) atoms. The van der Waals surface area contributed by atoms with Gasteiger partial charge in [-0.1, -0.05) is 236 Å². The summed E-state index contributed by atoms with van der Waals surface area (Å²) in [6.45, 7) is 30.3. The molecule has 0 nitrogen and oxygen atoms in total. The molecule has 0 aliphatic rings. The van der Waals surface area contributed by atoms with Crippen LogP contribution in [0.5, 0.6) is 0 Å². The average molecular weight is 843 g/mol. The zero-order valence-corrected chi connectivity index (χ0v) is 40.4. The fourth-order valence-electron chi connectivity index (χ4n) is 5.82. The molecule has 0 spiro atoms. The summed E-state index contributed by atoms with van der Waals surface area (Å²) in [5.74, 6) is 13.5. The van der Waals surface area contributed by atoms with E-state index in [4.69, 9.17) is 0 Å². The highest BCUT2D eigenvalue weighted by molar-refractivity contribution is 5.99. The minimum atomic E-state index is 0. The monoisotopic (exact) mass is 843 g/mol. The molecule has 346 valence electrons. The van der Waals surface area contributed by atoms with E-state index in [9.17, 15) is 0 Å². The first-order valence-corrected chi connectivity index (χ1v) is 23.7. The molecular weight excluding hydrogens is 745 g/mol. The first-order valence-electron chi connectivity index (χ1n) is 23.7. The summed E-state index contributed by atoms with van der Waals surface area (Å²) in [5, 5.41) is 4.88. The highest BCUT2D eigenvalue weighted by Gasteiger charge is 2.02. The van der Waals surface area contributed by atoms with E-state index in [-0.39, 0.29) is 22.3 Å². The maximum Gasteiger partial charge on any atom is 0.0255 e. The molecule has 0 saturated heterocycles. The fourth-order valence-corrected chi connectivity index (χ4v) is 5.82. The van der Waals surface area contributed by atoms with Crippen molar-refractivity contribution in [1.29, 1.82) is 0 Å². The van der Waals surface area contributed by atoms with Gasteiger partial charge in [-0.25, -0.2) is 0 Å². The van der Waals surface area contributed by atoms with Crippen LogP contribution in [0.1, 0.15) is 223 Å². The molecule has 0 aliphatic carbocycles. The molecule has 0 aromatic heterocycles. The van der Waals surface area contributed by atoms with E-state index in [0.29, 0.717) is 0 Å². The van der Waals surface area contributed by atoms with Gasteiger partial charge in [-0.05, 0) is 126 Å². The van der Waals surface area contributed by atoms with E-state index in [1.807, 2.05) is 48.5 Å². The maximum atomic E-state index is 3.38. The van der Waals surface area contributed by atoms with Crippen LogP contribution >= 0.6 is 0 Å². The molecule has 5 aromatic carbocycles. The van der Waals surface area contributed by atoms with Gasteiger partial charge in [0.05, 0.1) is 0 Å². The SMILES string of the molecule is C.C.C.C=CC.CC.CC.CC.CCC.CCC.CCCCCCCc1ccc(C#Cc2ccc3cc4cc(C#Cc5ccc(CCCCCCC)cc5)ccc4cc3c2)cc1. The van der Waals surface area contributed by atoms with Crippen LogP contribution in [0, 0.1) is 23.7 Å². The van der Waals surface area contributed by atoms with Crippen molar-refractivity contribution in [2.24, 2.45) is 0 Å². The molecule has 0 N–H and O–H groups in total. The molecule has 0 fully saturated rings. The normalized spacial score (nSPS) is 8.73. The van der Waals surface area contributed by atoms with Gasteiger partial charge in [-0.2, -0.15) is 0 Å². The fraction of sp³-hybridized carbons (Fsp3) is 0.484. The summed E-state index contributed by atoms with van der Waals surface area (Å²) in [6, 6.07) is 35.2. The Labute approximate surface area is 388 Å². The van der Waals surface area contributed by atoms with Crippen LogP contribution < -0.4 is 0 Å². The topological polar surface area (TPSA) is 0 Å². The van der Waals surface area contributed by atoms with Crippen LogP contribution in [0.15, 0.2) is 110 Å². The van der Waals surface area contributed by atoms with Crippen molar-refractivity contribution >= 4 is 21.5 Å². The lowest BCUT2D eigenvalue weighted by atomic mass is 10.00. The first-order chi connectivity index (χ1) is 28.9. The van der Waals surface area contributed by atoms with Gasteiger partial charge in [0, 0.05) is 22.3 Å². The Balaban J connectivity index is -0.000000535. The third kappa shape index (κ3) is 30.5. The van der Waals surface area contributed by atoms with Gasteiger partial charge >= 0.3 is 0 Å². The minimum Gasteiger partial charge on any atom is -0.103 e. The third-order valence-corrected chi connectivity index (χ3v) is 8.54.